The minimum absolute atomic E-state index is 0.0616. The highest BCUT2D eigenvalue weighted by atomic mass is 16.2. The number of hydrogen-bond donors (Lipinski definition) is 1. The molecular formula is C20H24N2O. The van der Waals surface area contributed by atoms with Crippen LogP contribution < -0.4 is 5.73 Å². The molecule has 1 aliphatic heterocycles. The Bertz CT molecular complexity index is 683. The van der Waals surface area contributed by atoms with Crippen molar-refractivity contribution in [1.82, 2.24) is 4.90 Å². The number of benzene rings is 2. The highest BCUT2D eigenvalue weighted by molar-refractivity contribution is 5.99. The Labute approximate surface area is 138 Å². The van der Waals surface area contributed by atoms with Crippen LogP contribution in [-0.4, -0.2) is 23.9 Å². The molecule has 1 fully saturated rings. The Morgan fingerprint density at radius 3 is 2.57 bits per heavy atom. The molecule has 0 radical (unpaired) electrons. The van der Waals surface area contributed by atoms with Crippen molar-refractivity contribution in [2.24, 2.45) is 5.41 Å². The van der Waals surface area contributed by atoms with Gasteiger partial charge in [-0.1, -0.05) is 49.4 Å². The molecule has 3 nitrogen and oxygen atoms in total. The number of nitrogens with zero attached hydrogens (tertiary/aromatic N) is 1. The van der Waals surface area contributed by atoms with E-state index in [0.717, 1.165) is 32.4 Å². The number of para-hydroxylation sites is 1. The van der Waals surface area contributed by atoms with Crippen LogP contribution in [0.25, 0.3) is 0 Å². The number of carbonyl (C=O) groups is 1. The topological polar surface area (TPSA) is 46.3 Å². The van der Waals surface area contributed by atoms with Crippen LogP contribution in [0.4, 0.5) is 5.69 Å². The van der Waals surface area contributed by atoms with Crippen LogP contribution in [-0.2, 0) is 6.42 Å². The number of nitrogen functional groups attached to an aromatic ring is 1. The number of nitrogens with two attached hydrogens (primary N) is 1. The molecule has 2 aromatic rings. The number of anilines is 1. The lowest BCUT2D eigenvalue weighted by Gasteiger charge is -2.25. The molecule has 1 heterocycles. The molecule has 0 aliphatic carbocycles. The summed E-state index contributed by atoms with van der Waals surface area (Å²) in [6.07, 6.45) is 3.22. The molecule has 2 aromatic carbocycles. The van der Waals surface area contributed by atoms with Gasteiger partial charge < -0.3 is 10.6 Å². The molecule has 120 valence electrons. The zero-order valence-corrected chi connectivity index (χ0v) is 13.7. The standard InChI is InChI=1S/C20H24N2O/c1-20(12-11-16-7-3-2-4-8-16)13-14-22(15-20)19(23)17-9-5-6-10-18(17)21/h2-10H,11-15,21H2,1H3. The van der Waals surface area contributed by atoms with Crippen molar-refractivity contribution in [3.63, 3.8) is 0 Å². The van der Waals surface area contributed by atoms with Crippen molar-refractivity contribution in [3.8, 4) is 0 Å². The molecule has 0 saturated carbocycles. The van der Waals surface area contributed by atoms with E-state index in [9.17, 15) is 4.79 Å². The average Bonchev–Trinajstić information content (AvgIpc) is 2.97. The van der Waals surface area contributed by atoms with Gasteiger partial charge in [-0.3, -0.25) is 4.79 Å². The van der Waals surface area contributed by atoms with E-state index in [2.05, 4.69) is 31.2 Å². The second kappa shape index (κ2) is 6.45. The normalized spacial score (nSPS) is 20.7. The number of hydrogen-bond acceptors (Lipinski definition) is 2. The minimum atomic E-state index is 0.0616. The zero-order chi connectivity index (χ0) is 16.3. The molecule has 1 unspecified atom stereocenters. The first-order valence-electron chi connectivity index (χ1n) is 8.25. The Balaban J connectivity index is 1.63. The number of likely N-dealkylation sites (tertiary alicyclic amines) is 1. The monoisotopic (exact) mass is 308 g/mol. The molecule has 1 amide bonds. The van der Waals surface area contributed by atoms with Gasteiger partial charge in [0.15, 0.2) is 0 Å². The quantitative estimate of drug-likeness (QED) is 0.874. The summed E-state index contributed by atoms with van der Waals surface area (Å²) in [4.78, 5) is 14.6. The molecule has 2 N–H and O–H groups in total. The van der Waals surface area contributed by atoms with E-state index in [1.807, 2.05) is 29.2 Å². The fraction of sp³-hybridized carbons (Fsp3) is 0.350. The lowest BCUT2D eigenvalue weighted by atomic mass is 9.83. The molecule has 3 heteroatoms. The van der Waals surface area contributed by atoms with Crippen molar-refractivity contribution < 1.29 is 4.79 Å². The maximum Gasteiger partial charge on any atom is 0.255 e. The SMILES string of the molecule is CC1(CCc2ccccc2)CCN(C(=O)c2ccccc2N)C1. The van der Waals surface area contributed by atoms with Crippen molar-refractivity contribution >= 4 is 11.6 Å². The molecule has 1 saturated heterocycles. The van der Waals surface area contributed by atoms with Gasteiger partial charge in [0, 0.05) is 18.8 Å². The van der Waals surface area contributed by atoms with E-state index in [-0.39, 0.29) is 11.3 Å². The van der Waals surface area contributed by atoms with Gasteiger partial charge in [0.25, 0.3) is 5.91 Å². The molecule has 0 bridgehead atoms. The van der Waals surface area contributed by atoms with Gasteiger partial charge in [-0.05, 0) is 42.4 Å². The molecule has 3 rings (SSSR count). The Morgan fingerprint density at radius 2 is 1.83 bits per heavy atom. The van der Waals surface area contributed by atoms with E-state index in [1.165, 1.54) is 5.56 Å². The van der Waals surface area contributed by atoms with E-state index in [1.54, 1.807) is 6.07 Å². The molecule has 0 aromatic heterocycles. The van der Waals surface area contributed by atoms with Crippen molar-refractivity contribution in [2.45, 2.75) is 26.2 Å². The van der Waals surface area contributed by atoms with Gasteiger partial charge in [-0.25, -0.2) is 0 Å². The first kappa shape index (κ1) is 15.6. The average molecular weight is 308 g/mol. The maximum absolute atomic E-state index is 12.7. The molecule has 23 heavy (non-hydrogen) atoms. The van der Waals surface area contributed by atoms with Crippen molar-refractivity contribution in [2.75, 3.05) is 18.8 Å². The first-order chi connectivity index (χ1) is 11.1. The number of carbonyl (C=O) groups excluding carboxylic acids is 1. The summed E-state index contributed by atoms with van der Waals surface area (Å²) in [5, 5.41) is 0. The summed E-state index contributed by atoms with van der Waals surface area (Å²) < 4.78 is 0. The molecule has 0 spiro atoms. The molecule has 1 aliphatic rings. The predicted molar refractivity (Wildman–Crippen MR) is 94.2 cm³/mol. The second-order valence-electron chi connectivity index (χ2n) is 6.86. The van der Waals surface area contributed by atoms with Gasteiger partial charge in [-0.2, -0.15) is 0 Å². The highest BCUT2D eigenvalue weighted by Crippen LogP contribution is 2.35. The molecule has 1 atom stereocenters. The van der Waals surface area contributed by atoms with Crippen LogP contribution >= 0.6 is 0 Å². The van der Waals surface area contributed by atoms with Gasteiger partial charge in [0.05, 0.1) is 5.56 Å². The van der Waals surface area contributed by atoms with Crippen LogP contribution in [0.2, 0.25) is 0 Å². The third kappa shape index (κ3) is 3.55. The van der Waals surface area contributed by atoms with Crippen LogP contribution in [0.3, 0.4) is 0 Å². The van der Waals surface area contributed by atoms with Crippen molar-refractivity contribution in [3.05, 3.63) is 65.7 Å². The van der Waals surface area contributed by atoms with Crippen LogP contribution in [0.5, 0.6) is 0 Å². The van der Waals surface area contributed by atoms with E-state index < -0.39 is 0 Å². The van der Waals surface area contributed by atoms with Gasteiger partial charge in [0.2, 0.25) is 0 Å². The fourth-order valence-corrected chi connectivity index (χ4v) is 3.35. The number of amides is 1. The van der Waals surface area contributed by atoms with E-state index >= 15 is 0 Å². The second-order valence-corrected chi connectivity index (χ2v) is 6.86. The lowest BCUT2D eigenvalue weighted by Crippen LogP contribution is -2.31. The summed E-state index contributed by atoms with van der Waals surface area (Å²) in [6, 6.07) is 17.9. The molecular weight excluding hydrogens is 284 g/mol. The summed E-state index contributed by atoms with van der Waals surface area (Å²) in [6.45, 7) is 3.92. The Hall–Kier alpha value is -2.29. The Kier molecular flexibility index (Phi) is 4.37. The Morgan fingerprint density at radius 1 is 1.13 bits per heavy atom. The third-order valence-electron chi connectivity index (χ3n) is 4.90. The number of aryl methyl sites for hydroxylation is 1. The van der Waals surface area contributed by atoms with Gasteiger partial charge in [-0.15, -0.1) is 0 Å². The maximum atomic E-state index is 12.7. The smallest absolute Gasteiger partial charge is 0.255 e. The lowest BCUT2D eigenvalue weighted by molar-refractivity contribution is 0.0775. The van der Waals surface area contributed by atoms with Gasteiger partial charge in [0.1, 0.15) is 0 Å². The fourth-order valence-electron chi connectivity index (χ4n) is 3.35. The summed E-state index contributed by atoms with van der Waals surface area (Å²) in [5.41, 5.74) is 8.69. The summed E-state index contributed by atoms with van der Waals surface area (Å²) in [5.74, 6) is 0.0616. The highest BCUT2D eigenvalue weighted by Gasteiger charge is 2.36. The van der Waals surface area contributed by atoms with Crippen molar-refractivity contribution in [1.29, 1.82) is 0 Å². The van der Waals surface area contributed by atoms with Crippen LogP contribution in [0.15, 0.2) is 54.6 Å². The first-order valence-corrected chi connectivity index (χ1v) is 8.25. The van der Waals surface area contributed by atoms with E-state index in [0.29, 0.717) is 11.3 Å². The third-order valence-corrected chi connectivity index (χ3v) is 4.90. The zero-order valence-electron chi connectivity index (χ0n) is 13.7. The number of rotatable bonds is 4. The van der Waals surface area contributed by atoms with Crippen LogP contribution in [0.1, 0.15) is 35.7 Å². The largest absolute Gasteiger partial charge is 0.398 e. The minimum Gasteiger partial charge on any atom is -0.398 e. The van der Waals surface area contributed by atoms with E-state index in [4.69, 9.17) is 5.73 Å². The van der Waals surface area contributed by atoms with Gasteiger partial charge >= 0.3 is 0 Å². The summed E-state index contributed by atoms with van der Waals surface area (Å²) in [7, 11) is 0. The van der Waals surface area contributed by atoms with Crippen LogP contribution in [0, 0.1) is 5.41 Å². The predicted octanol–water partition coefficient (Wildman–Crippen LogP) is 3.75. The summed E-state index contributed by atoms with van der Waals surface area (Å²) >= 11 is 0.